The van der Waals surface area contributed by atoms with Gasteiger partial charge >= 0.3 is 0 Å². The number of rotatable bonds is 9. The van der Waals surface area contributed by atoms with Crippen LogP contribution in [-0.2, 0) is 26.2 Å². The third-order valence-electron chi connectivity index (χ3n) is 5.45. The summed E-state index contributed by atoms with van der Waals surface area (Å²) in [6, 6.07) is 10.2. The first-order valence-electron chi connectivity index (χ1n) is 10.6. The number of carbonyl (C=O) groups excluding carboxylic acids is 3. The molecule has 0 unspecified atom stereocenters. The van der Waals surface area contributed by atoms with Gasteiger partial charge in [-0.1, -0.05) is 37.6 Å². The number of nitrogens with one attached hydrogen (secondary N) is 1. The van der Waals surface area contributed by atoms with Crippen molar-refractivity contribution in [1.29, 1.82) is 0 Å². The molecular formula is C23H26FN3O5S. The summed E-state index contributed by atoms with van der Waals surface area (Å²) >= 11 is 0. The molecule has 1 heterocycles. The van der Waals surface area contributed by atoms with Gasteiger partial charge in [0.2, 0.25) is 11.8 Å². The lowest BCUT2D eigenvalue weighted by Crippen LogP contribution is -2.51. The maximum atomic E-state index is 13.3. The minimum absolute atomic E-state index is 0.000687. The summed E-state index contributed by atoms with van der Waals surface area (Å²) in [5.74, 6) is -2.37. The first-order chi connectivity index (χ1) is 15.7. The van der Waals surface area contributed by atoms with E-state index in [0.717, 1.165) is 12.8 Å². The molecule has 0 radical (unpaired) electrons. The number of benzene rings is 2. The van der Waals surface area contributed by atoms with E-state index in [-0.39, 0.29) is 17.0 Å². The molecule has 3 rings (SSSR count). The van der Waals surface area contributed by atoms with Crippen molar-refractivity contribution < 1.29 is 27.2 Å². The van der Waals surface area contributed by atoms with Gasteiger partial charge in [0.05, 0.1) is 5.56 Å². The maximum Gasteiger partial charge on any atom is 0.269 e. The highest BCUT2D eigenvalue weighted by molar-refractivity contribution is 7.90. The molecule has 33 heavy (non-hydrogen) atoms. The second-order valence-corrected chi connectivity index (χ2v) is 9.61. The van der Waals surface area contributed by atoms with Gasteiger partial charge < -0.3 is 10.2 Å². The third-order valence-corrected chi connectivity index (χ3v) is 7.24. The Morgan fingerprint density at radius 2 is 1.79 bits per heavy atom. The average molecular weight is 476 g/mol. The van der Waals surface area contributed by atoms with Gasteiger partial charge in [0, 0.05) is 13.1 Å². The Morgan fingerprint density at radius 1 is 1.12 bits per heavy atom. The minimum atomic E-state index is -4.18. The lowest BCUT2D eigenvalue weighted by atomic mass is 10.1. The van der Waals surface area contributed by atoms with Crippen molar-refractivity contribution in [1.82, 2.24) is 14.5 Å². The third kappa shape index (κ3) is 5.22. The second-order valence-electron chi connectivity index (χ2n) is 7.78. The zero-order chi connectivity index (χ0) is 24.2. The molecular weight excluding hydrogens is 449 g/mol. The van der Waals surface area contributed by atoms with E-state index in [0.29, 0.717) is 16.4 Å². The molecule has 1 atom stereocenters. The smallest absolute Gasteiger partial charge is 0.269 e. The molecule has 0 aliphatic carbocycles. The molecule has 8 nitrogen and oxygen atoms in total. The fourth-order valence-corrected chi connectivity index (χ4v) is 5.02. The molecule has 1 aliphatic rings. The van der Waals surface area contributed by atoms with Crippen molar-refractivity contribution in [3.8, 4) is 0 Å². The number of halogens is 1. The molecule has 176 valence electrons. The number of sulfonamides is 1. The highest BCUT2D eigenvalue weighted by Crippen LogP contribution is 2.30. The van der Waals surface area contributed by atoms with Crippen LogP contribution in [0, 0.1) is 5.82 Å². The number of amides is 3. The van der Waals surface area contributed by atoms with E-state index in [1.165, 1.54) is 54.3 Å². The van der Waals surface area contributed by atoms with Crippen LogP contribution >= 0.6 is 0 Å². The SMILES string of the molecule is CCCCNC(=O)[C@@H](C)N(Cc1ccc(F)cc1)C(=O)CN1C(=O)c2ccccc2S1(=O)=O. The van der Waals surface area contributed by atoms with Crippen LogP contribution in [0.4, 0.5) is 4.39 Å². The normalized spacial score (nSPS) is 15.1. The topological polar surface area (TPSA) is 104 Å². The zero-order valence-corrected chi connectivity index (χ0v) is 19.3. The van der Waals surface area contributed by atoms with Crippen molar-refractivity contribution in [3.05, 3.63) is 65.5 Å². The molecule has 2 aromatic rings. The summed E-state index contributed by atoms with van der Waals surface area (Å²) in [6.45, 7) is 3.13. The average Bonchev–Trinajstić information content (AvgIpc) is 2.99. The van der Waals surface area contributed by atoms with Gasteiger partial charge in [-0.3, -0.25) is 14.4 Å². The fourth-order valence-electron chi connectivity index (χ4n) is 3.51. The van der Waals surface area contributed by atoms with Gasteiger partial charge in [-0.15, -0.1) is 0 Å². The van der Waals surface area contributed by atoms with Crippen LogP contribution in [0.25, 0.3) is 0 Å². The van der Waals surface area contributed by atoms with E-state index < -0.39 is 46.1 Å². The summed E-state index contributed by atoms with van der Waals surface area (Å²) < 4.78 is 39.5. The lowest BCUT2D eigenvalue weighted by molar-refractivity contribution is -0.140. The number of fused-ring (bicyclic) bond motifs is 1. The second kappa shape index (κ2) is 10.1. The van der Waals surface area contributed by atoms with Crippen LogP contribution < -0.4 is 5.32 Å². The van der Waals surface area contributed by atoms with Crippen LogP contribution in [-0.4, -0.2) is 54.5 Å². The van der Waals surface area contributed by atoms with Crippen LogP contribution in [0.2, 0.25) is 0 Å². The van der Waals surface area contributed by atoms with E-state index in [4.69, 9.17) is 0 Å². The molecule has 10 heteroatoms. The van der Waals surface area contributed by atoms with Gasteiger partial charge in [0.25, 0.3) is 15.9 Å². The first-order valence-corrected chi connectivity index (χ1v) is 12.1. The zero-order valence-electron chi connectivity index (χ0n) is 18.5. The highest BCUT2D eigenvalue weighted by Gasteiger charge is 2.43. The number of hydrogen-bond acceptors (Lipinski definition) is 5. The molecule has 0 saturated carbocycles. The number of nitrogens with zero attached hydrogens (tertiary/aromatic N) is 2. The Bertz CT molecular complexity index is 1150. The van der Waals surface area contributed by atoms with Crippen LogP contribution in [0.3, 0.4) is 0 Å². The number of unbranched alkanes of at least 4 members (excludes halogenated alkanes) is 1. The van der Waals surface area contributed by atoms with Crippen molar-refractivity contribution >= 4 is 27.7 Å². The molecule has 1 aliphatic heterocycles. The van der Waals surface area contributed by atoms with Crippen molar-refractivity contribution in [3.63, 3.8) is 0 Å². The van der Waals surface area contributed by atoms with Gasteiger partial charge in [-0.2, -0.15) is 0 Å². The molecule has 3 amide bonds. The molecule has 2 aromatic carbocycles. The molecule has 0 saturated heterocycles. The minimum Gasteiger partial charge on any atom is -0.354 e. The first kappa shape index (κ1) is 24.4. The predicted octanol–water partition coefficient (Wildman–Crippen LogP) is 2.30. The summed E-state index contributed by atoms with van der Waals surface area (Å²) in [7, 11) is -4.18. The van der Waals surface area contributed by atoms with Crippen molar-refractivity contribution in [2.45, 2.75) is 44.2 Å². The standard InChI is InChI=1S/C23H26FN3O5S/c1-3-4-13-25-22(29)16(2)26(14-17-9-11-18(24)12-10-17)21(28)15-27-23(30)19-7-5-6-8-20(19)33(27,31)32/h5-12,16H,3-4,13-15H2,1-2H3,(H,25,29)/t16-/m1/s1. The van der Waals surface area contributed by atoms with Gasteiger partial charge in [0.1, 0.15) is 23.3 Å². The van der Waals surface area contributed by atoms with Gasteiger partial charge in [0.15, 0.2) is 0 Å². The molecule has 0 spiro atoms. The predicted molar refractivity (Wildman–Crippen MR) is 119 cm³/mol. The molecule has 1 N–H and O–H groups in total. The number of hydrogen-bond donors (Lipinski definition) is 1. The molecule has 0 aromatic heterocycles. The van der Waals surface area contributed by atoms with Crippen molar-refractivity contribution in [2.75, 3.05) is 13.1 Å². The summed E-state index contributed by atoms with van der Waals surface area (Å²) in [5, 5.41) is 2.75. The Hall–Kier alpha value is -3.27. The monoisotopic (exact) mass is 475 g/mol. The van der Waals surface area contributed by atoms with Crippen LogP contribution in [0.5, 0.6) is 0 Å². The van der Waals surface area contributed by atoms with E-state index in [2.05, 4.69) is 5.32 Å². The Kier molecular flexibility index (Phi) is 7.47. The van der Waals surface area contributed by atoms with E-state index in [1.807, 2.05) is 6.92 Å². The Balaban J connectivity index is 1.85. The summed E-state index contributed by atoms with van der Waals surface area (Å²) in [5.41, 5.74) is 0.553. The quantitative estimate of drug-likeness (QED) is 0.561. The van der Waals surface area contributed by atoms with Crippen LogP contribution in [0.15, 0.2) is 53.4 Å². The van der Waals surface area contributed by atoms with Crippen LogP contribution in [0.1, 0.15) is 42.6 Å². The number of carbonyl (C=O) groups is 3. The Labute approximate surface area is 192 Å². The van der Waals surface area contributed by atoms with E-state index in [1.54, 1.807) is 6.07 Å². The van der Waals surface area contributed by atoms with Gasteiger partial charge in [-0.25, -0.2) is 17.1 Å². The lowest BCUT2D eigenvalue weighted by Gasteiger charge is -2.30. The Morgan fingerprint density at radius 3 is 2.42 bits per heavy atom. The summed E-state index contributed by atoms with van der Waals surface area (Å²) in [6.07, 6.45) is 1.64. The van der Waals surface area contributed by atoms with E-state index >= 15 is 0 Å². The van der Waals surface area contributed by atoms with Gasteiger partial charge in [-0.05, 0) is 43.2 Å². The molecule has 0 bridgehead atoms. The van der Waals surface area contributed by atoms with E-state index in [9.17, 15) is 27.2 Å². The van der Waals surface area contributed by atoms with Crippen molar-refractivity contribution in [2.24, 2.45) is 0 Å². The highest BCUT2D eigenvalue weighted by atomic mass is 32.2. The maximum absolute atomic E-state index is 13.3. The molecule has 0 fully saturated rings. The fraction of sp³-hybridized carbons (Fsp3) is 0.348. The largest absolute Gasteiger partial charge is 0.354 e. The summed E-state index contributed by atoms with van der Waals surface area (Å²) in [4.78, 5) is 39.6.